The van der Waals surface area contributed by atoms with Crippen LogP contribution in [0.2, 0.25) is 0 Å². The van der Waals surface area contributed by atoms with E-state index in [4.69, 9.17) is 14.2 Å². The van der Waals surface area contributed by atoms with Gasteiger partial charge in [0.1, 0.15) is 18.5 Å². The molecular formula is C37H41F3N4O3. The molecule has 6 rings (SSSR count). The minimum atomic E-state index is -4.54. The molecule has 4 aromatic rings. The maximum atomic E-state index is 13.7. The summed E-state index contributed by atoms with van der Waals surface area (Å²) in [6, 6.07) is 30.2. The van der Waals surface area contributed by atoms with Gasteiger partial charge in [-0.3, -0.25) is 4.90 Å². The van der Waals surface area contributed by atoms with Crippen LogP contribution in [0.25, 0.3) is 0 Å². The summed E-state index contributed by atoms with van der Waals surface area (Å²) in [5, 5.41) is 0. The quantitative estimate of drug-likeness (QED) is 0.168. The van der Waals surface area contributed by atoms with Crippen LogP contribution in [-0.2, 0) is 40.2 Å². The summed E-state index contributed by atoms with van der Waals surface area (Å²) in [6.07, 6.45) is -2.51. The average Bonchev–Trinajstić information content (AvgIpc) is 3.56. The number of hydrogen-bond donors (Lipinski definition) is 0. The fourth-order valence-electron chi connectivity index (χ4n) is 6.63. The summed E-state index contributed by atoms with van der Waals surface area (Å²) in [7, 11) is 0. The number of rotatable bonds is 12. The summed E-state index contributed by atoms with van der Waals surface area (Å²) >= 11 is 0. The molecule has 0 aliphatic carbocycles. The van der Waals surface area contributed by atoms with Crippen molar-refractivity contribution in [1.29, 1.82) is 0 Å². The Morgan fingerprint density at radius 1 is 0.745 bits per heavy atom. The average molecular weight is 647 g/mol. The number of aromatic nitrogens is 2. The highest BCUT2D eigenvalue weighted by molar-refractivity contribution is 5.50. The van der Waals surface area contributed by atoms with Crippen molar-refractivity contribution in [3.8, 4) is 0 Å². The Kier molecular flexibility index (Phi) is 10.8. The van der Waals surface area contributed by atoms with Gasteiger partial charge in [-0.2, -0.15) is 13.2 Å². The SMILES string of the molecule is C[C@@H]1[C@@H](OCc2ccccc2)[C@H](OCc2ccccc2)[C@@H](OCc2ccccc2)CN1C[C@@H]1CCN(c2cncnc2C(F)(F)F)C1. The smallest absolute Gasteiger partial charge is 0.369 e. The number of anilines is 1. The van der Waals surface area contributed by atoms with Crippen molar-refractivity contribution in [1.82, 2.24) is 14.9 Å². The van der Waals surface area contributed by atoms with Crippen LogP contribution >= 0.6 is 0 Å². The molecule has 47 heavy (non-hydrogen) atoms. The first-order valence-corrected chi connectivity index (χ1v) is 16.2. The van der Waals surface area contributed by atoms with Gasteiger partial charge in [-0.25, -0.2) is 9.97 Å². The number of hydrogen-bond acceptors (Lipinski definition) is 7. The lowest BCUT2D eigenvalue weighted by Crippen LogP contribution is -2.63. The Morgan fingerprint density at radius 2 is 1.30 bits per heavy atom. The summed E-state index contributed by atoms with van der Waals surface area (Å²) < 4.78 is 61.2. The maximum absolute atomic E-state index is 13.7. The van der Waals surface area contributed by atoms with Crippen LogP contribution in [-0.4, -0.2) is 65.4 Å². The van der Waals surface area contributed by atoms with Crippen molar-refractivity contribution >= 4 is 5.69 Å². The molecule has 0 amide bonds. The van der Waals surface area contributed by atoms with Crippen molar-refractivity contribution < 1.29 is 27.4 Å². The molecule has 3 heterocycles. The minimum Gasteiger partial charge on any atom is -0.369 e. The lowest BCUT2D eigenvalue weighted by molar-refractivity contribution is -0.201. The van der Waals surface area contributed by atoms with E-state index in [1.54, 1.807) is 4.90 Å². The Bertz CT molecular complexity index is 1530. The lowest BCUT2D eigenvalue weighted by atomic mass is 9.92. The first-order chi connectivity index (χ1) is 22.8. The second-order valence-electron chi connectivity index (χ2n) is 12.4. The molecule has 2 saturated heterocycles. The highest BCUT2D eigenvalue weighted by atomic mass is 19.4. The molecule has 0 spiro atoms. The molecule has 10 heteroatoms. The topological polar surface area (TPSA) is 60.0 Å². The zero-order valence-corrected chi connectivity index (χ0v) is 26.5. The number of likely N-dealkylation sites (tertiary alicyclic amines) is 1. The van der Waals surface area contributed by atoms with Crippen LogP contribution in [0.4, 0.5) is 18.9 Å². The van der Waals surface area contributed by atoms with E-state index < -0.39 is 11.9 Å². The van der Waals surface area contributed by atoms with E-state index in [1.165, 1.54) is 6.20 Å². The molecule has 0 radical (unpaired) electrons. The highest BCUT2D eigenvalue weighted by Crippen LogP contribution is 2.37. The van der Waals surface area contributed by atoms with Gasteiger partial charge in [-0.1, -0.05) is 91.0 Å². The highest BCUT2D eigenvalue weighted by Gasteiger charge is 2.45. The molecule has 2 aliphatic heterocycles. The van der Waals surface area contributed by atoms with Crippen molar-refractivity contribution in [3.63, 3.8) is 0 Å². The molecule has 7 nitrogen and oxygen atoms in total. The fraction of sp³-hybridized carbons (Fsp3) is 0.405. The number of halogens is 3. The second-order valence-corrected chi connectivity index (χ2v) is 12.4. The molecule has 0 N–H and O–H groups in total. The number of alkyl halides is 3. The van der Waals surface area contributed by atoms with Gasteiger partial charge >= 0.3 is 6.18 Å². The van der Waals surface area contributed by atoms with Crippen molar-refractivity contribution in [2.45, 2.75) is 63.7 Å². The van der Waals surface area contributed by atoms with Gasteiger partial charge in [-0.15, -0.1) is 0 Å². The van der Waals surface area contributed by atoms with Crippen LogP contribution in [0.15, 0.2) is 104 Å². The zero-order chi connectivity index (χ0) is 32.6. The molecule has 0 unspecified atom stereocenters. The second kappa shape index (κ2) is 15.4. The predicted molar refractivity (Wildman–Crippen MR) is 173 cm³/mol. The van der Waals surface area contributed by atoms with Crippen LogP contribution in [0.3, 0.4) is 0 Å². The number of nitrogens with zero attached hydrogens (tertiary/aromatic N) is 4. The van der Waals surface area contributed by atoms with E-state index in [2.05, 4.69) is 21.8 Å². The predicted octanol–water partition coefficient (Wildman–Crippen LogP) is 6.78. The third kappa shape index (κ3) is 8.56. The molecule has 0 saturated carbocycles. The molecule has 5 atom stereocenters. The van der Waals surface area contributed by atoms with Crippen molar-refractivity contribution in [2.75, 3.05) is 31.1 Å². The van der Waals surface area contributed by atoms with Gasteiger partial charge < -0.3 is 19.1 Å². The van der Waals surface area contributed by atoms with Gasteiger partial charge in [0.15, 0.2) is 5.69 Å². The van der Waals surface area contributed by atoms with E-state index in [-0.39, 0.29) is 36.0 Å². The molecule has 3 aromatic carbocycles. The Morgan fingerprint density at radius 3 is 1.87 bits per heavy atom. The molecule has 0 bridgehead atoms. The first kappa shape index (κ1) is 33.1. The summed E-state index contributed by atoms with van der Waals surface area (Å²) in [4.78, 5) is 11.6. The summed E-state index contributed by atoms with van der Waals surface area (Å²) in [6.45, 7) is 5.72. The third-order valence-corrected chi connectivity index (χ3v) is 9.11. The van der Waals surface area contributed by atoms with E-state index in [0.717, 1.165) is 29.4 Å². The van der Waals surface area contributed by atoms with Crippen LogP contribution < -0.4 is 4.90 Å². The van der Waals surface area contributed by atoms with Crippen molar-refractivity contribution in [2.24, 2.45) is 5.92 Å². The van der Waals surface area contributed by atoms with Gasteiger partial charge in [0.05, 0.1) is 37.8 Å². The molecule has 2 fully saturated rings. The normalized spacial score (nSPS) is 23.7. The minimum absolute atomic E-state index is 0.0316. The lowest BCUT2D eigenvalue weighted by Gasteiger charge is -2.48. The monoisotopic (exact) mass is 646 g/mol. The van der Waals surface area contributed by atoms with Gasteiger partial charge in [0.25, 0.3) is 0 Å². The maximum Gasteiger partial charge on any atom is 0.435 e. The Labute approximate surface area is 274 Å². The molecule has 248 valence electrons. The number of piperidine rings is 1. The van der Waals surface area contributed by atoms with Gasteiger partial charge in [-0.05, 0) is 36.0 Å². The van der Waals surface area contributed by atoms with Crippen molar-refractivity contribution in [3.05, 3.63) is 126 Å². The van der Waals surface area contributed by atoms with Crippen LogP contribution in [0, 0.1) is 5.92 Å². The number of ether oxygens (including phenoxy) is 3. The van der Waals surface area contributed by atoms with Crippen LogP contribution in [0.1, 0.15) is 35.7 Å². The standard InChI is InChI=1S/C37H41F3N4O3/c1-27-34(46-24-29-13-7-3-8-14-29)35(47-25-30-15-9-4-10-16-30)33(45-23-28-11-5-2-6-12-28)22-44(27)21-31-17-18-43(20-31)32-19-41-26-42-36(32)37(38,39)40/h2-16,19,26-27,31,33-35H,17-18,20-25H2,1H3/t27-,31-,33+,34-,35-/m1/s1. The fourth-order valence-corrected chi connectivity index (χ4v) is 6.63. The largest absolute Gasteiger partial charge is 0.435 e. The van der Waals surface area contributed by atoms with E-state index in [1.807, 2.05) is 91.0 Å². The summed E-state index contributed by atoms with van der Waals surface area (Å²) in [5.41, 5.74) is 2.36. The first-order valence-electron chi connectivity index (χ1n) is 16.2. The van der Waals surface area contributed by atoms with E-state index in [0.29, 0.717) is 46.0 Å². The molecule has 1 aromatic heterocycles. The number of benzene rings is 3. The molecule has 2 aliphatic rings. The van der Waals surface area contributed by atoms with E-state index >= 15 is 0 Å². The van der Waals surface area contributed by atoms with Gasteiger partial charge in [0.2, 0.25) is 0 Å². The van der Waals surface area contributed by atoms with E-state index in [9.17, 15) is 13.2 Å². The zero-order valence-electron chi connectivity index (χ0n) is 26.5. The third-order valence-electron chi connectivity index (χ3n) is 9.11. The Balaban J connectivity index is 1.22. The van der Waals surface area contributed by atoms with Crippen LogP contribution in [0.5, 0.6) is 0 Å². The Hall–Kier alpha value is -3.83. The summed E-state index contributed by atoms with van der Waals surface area (Å²) in [5.74, 6) is 0.144. The van der Waals surface area contributed by atoms with Gasteiger partial charge in [0, 0.05) is 32.2 Å². The molecular weight excluding hydrogens is 605 g/mol.